The van der Waals surface area contributed by atoms with Crippen LogP contribution in [-0.2, 0) is 11.0 Å². The summed E-state index contributed by atoms with van der Waals surface area (Å²) in [6, 6.07) is 2.64. The molecule has 0 radical (unpaired) electrons. The lowest BCUT2D eigenvalue weighted by molar-refractivity contribution is -0.138. The van der Waals surface area contributed by atoms with Gasteiger partial charge >= 0.3 is 6.18 Å². The fourth-order valence-electron chi connectivity index (χ4n) is 1.15. The third-order valence-electron chi connectivity index (χ3n) is 1.84. The average molecular weight is 307 g/mol. The Kier molecular flexibility index (Phi) is 7.05. The first-order valence-corrected chi connectivity index (χ1v) is 5.43. The van der Waals surface area contributed by atoms with Gasteiger partial charge < -0.3 is 10.8 Å². The van der Waals surface area contributed by atoms with Gasteiger partial charge in [-0.2, -0.15) is 13.2 Å². The largest absolute Gasteiger partial charge is 0.481 e. The molecular weight excluding hydrogens is 294 g/mol. The first kappa shape index (κ1) is 18.6. The Morgan fingerprint density at radius 3 is 2.43 bits per heavy atom. The summed E-state index contributed by atoms with van der Waals surface area (Å²) in [5, 5.41) is 14.3. The van der Waals surface area contributed by atoms with Crippen LogP contribution in [0, 0.1) is 11.2 Å². The summed E-state index contributed by atoms with van der Waals surface area (Å²) in [6.45, 7) is 0.811. The van der Waals surface area contributed by atoms with Gasteiger partial charge in [0.25, 0.3) is 5.97 Å². The SMILES string of the molecule is CC(=O)O.N=C(N)CN=Cc1c(F)cccc1C(F)(F)F. The molecule has 1 rings (SSSR count). The molecule has 4 N–H and O–H groups in total. The van der Waals surface area contributed by atoms with E-state index in [0.29, 0.717) is 0 Å². The molecule has 0 saturated carbocycles. The molecule has 0 saturated heterocycles. The van der Waals surface area contributed by atoms with E-state index < -0.39 is 29.1 Å². The van der Waals surface area contributed by atoms with E-state index in [1.54, 1.807) is 0 Å². The van der Waals surface area contributed by atoms with E-state index in [0.717, 1.165) is 31.3 Å². The van der Waals surface area contributed by atoms with Crippen LogP contribution < -0.4 is 5.73 Å². The maximum atomic E-state index is 13.2. The van der Waals surface area contributed by atoms with Crippen molar-refractivity contribution >= 4 is 18.0 Å². The van der Waals surface area contributed by atoms with Gasteiger partial charge in [0, 0.05) is 18.7 Å². The number of aliphatic carboxylic acids is 1. The normalized spacial score (nSPS) is 10.9. The zero-order valence-electron chi connectivity index (χ0n) is 10.9. The number of nitrogens with two attached hydrogens (primary N) is 1. The van der Waals surface area contributed by atoms with Crippen molar-refractivity contribution in [1.82, 2.24) is 0 Å². The number of benzene rings is 1. The predicted octanol–water partition coefficient (Wildman–Crippen LogP) is 2.29. The van der Waals surface area contributed by atoms with Gasteiger partial charge in [-0.1, -0.05) is 6.07 Å². The smallest absolute Gasteiger partial charge is 0.417 e. The Balaban J connectivity index is 0.000000885. The molecule has 9 heteroatoms. The minimum Gasteiger partial charge on any atom is -0.481 e. The van der Waals surface area contributed by atoms with Crippen molar-refractivity contribution in [3.8, 4) is 0 Å². The minimum absolute atomic E-state index is 0.272. The van der Waals surface area contributed by atoms with Crippen molar-refractivity contribution in [1.29, 1.82) is 5.41 Å². The molecule has 0 heterocycles. The molecular formula is C12H13F4N3O2. The van der Waals surface area contributed by atoms with E-state index in [4.69, 9.17) is 21.0 Å². The molecule has 1 aromatic rings. The fourth-order valence-corrected chi connectivity index (χ4v) is 1.15. The second-order valence-corrected chi connectivity index (χ2v) is 3.71. The van der Waals surface area contributed by atoms with Crippen LogP contribution in [0.4, 0.5) is 17.6 Å². The lowest BCUT2D eigenvalue weighted by atomic mass is 10.1. The molecule has 0 aliphatic heterocycles. The Bertz CT molecular complexity index is 538. The molecule has 116 valence electrons. The number of rotatable bonds is 3. The Morgan fingerprint density at radius 2 is 2.00 bits per heavy atom. The highest BCUT2D eigenvalue weighted by Crippen LogP contribution is 2.32. The molecule has 5 nitrogen and oxygen atoms in total. The second kappa shape index (κ2) is 7.98. The van der Waals surface area contributed by atoms with E-state index in [2.05, 4.69) is 4.99 Å². The van der Waals surface area contributed by atoms with Crippen molar-refractivity contribution in [2.45, 2.75) is 13.1 Å². The van der Waals surface area contributed by atoms with Gasteiger partial charge in [-0.3, -0.25) is 15.2 Å². The Labute approximate surface area is 117 Å². The molecule has 0 atom stereocenters. The highest BCUT2D eigenvalue weighted by molar-refractivity contribution is 5.86. The van der Waals surface area contributed by atoms with Crippen molar-refractivity contribution in [2.24, 2.45) is 10.7 Å². The summed E-state index contributed by atoms with van der Waals surface area (Å²) >= 11 is 0. The lowest BCUT2D eigenvalue weighted by Gasteiger charge is -2.10. The molecule has 0 unspecified atom stereocenters. The van der Waals surface area contributed by atoms with Crippen molar-refractivity contribution < 1.29 is 27.5 Å². The van der Waals surface area contributed by atoms with E-state index in [9.17, 15) is 17.6 Å². The third-order valence-corrected chi connectivity index (χ3v) is 1.84. The van der Waals surface area contributed by atoms with Gasteiger partial charge in [-0.25, -0.2) is 4.39 Å². The van der Waals surface area contributed by atoms with E-state index in [-0.39, 0.29) is 12.4 Å². The van der Waals surface area contributed by atoms with Crippen LogP contribution in [0.5, 0.6) is 0 Å². The molecule has 1 aromatic carbocycles. The number of nitrogens with zero attached hydrogens (tertiary/aromatic N) is 1. The molecule has 0 spiro atoms. The molecule has 0 aliphatic rings. The van der Waals surface area contributed by atoms with Crippen molar-refractivity contribution in [3.63, 3.8) is 0 Å². The van der Waals surface area contributed by atoms with Crippen LogP contribution in [0.25, 0.3) is 0 Å². The number of amidine groups is 1. The predicted molar refractivity (Wildman–Crippen MR) is 69.1 cm³/mol. The van der Waals surface area contributed by atoms with E-state index in [1.807, 2.05) is 0 Å². The Morgan fingerprint density at radius 1 is 1.48 bits per heavy atom. The summed E-state index contributed by atoms with van der Waals surface area (Å²) in [5.41, 5.74) is 3.21. The average Bonchev–Trinajstić information content (AvgIpc) is 2.28. The molecule has 0 bridgehead atoms. The van der Waals surface area contributed by atoms with Gasteiger partial charge in [0.2, 0.25) is 0 Å². The van der Waals surface area contributed by atoms with Gasteiger partial charge in [-0.05, 0) is 12.1 Å². The highest BCUT2D eigenvalue weighted by Gasteiger charge is 2.33. The number of carboxylic acids is 1. The number of alkyl halides is 3. The molecule has 0 fully saturated rings. The summed E-state index contributed by atoms with van der Waals surface area (Å²) in [7, 11) is 0. The number of carboxylic acid groups (broad SMARTS) is 1. The van der Waals surface area contributed by atoms with Crippen LogP contribution >= 0.6 is 0 Å². The maximum Gasteiger partial charge on any atom is 0.417 e. The number of halogens is 4. The quantitative estimate of drug-likeness (QED) is 0.454. The van der Waals surface area contributed by atoms with Gasteiger partial charge in [-0.15, -0.1) is 0 Å². The highest BCUT2D eigenvalue weighted by atomic mass is 19.4. The van der Waals surface area contributed by atoms with Crippen LogP contribution in [0.2, 0.25) is 0 Å². The molecule has 0 aromatic heterocycles. The van der Waals surface area contributed by atoms with E-state index >= 15 is 0 Å². The number of hydrogen-bond acceptors (Lipinski definition) is 3. The van der Waals surface area contributed by atoms with Gasteiger partial charge in [0.1, 0.15) is 11.7 Å². The van der Waals surface area contributed by atoms with Crippen LogP contribution in [0.3, 0.4) is 0 Å². The summed E-state index contributed by atoms with van der Waals surface area (Å²) in [6.07, 6.45) is -3.92. The standard InChI is InChI=1S/C10H9F4N3.C2H4O2/c11-8-3-1-2-7(10(12,13)14)6(8)4-17-5-9(15)16;1-2(3)4/h1-4H,5H2,(H3,15,16);1H3,(H,3,4). The summed E-state index contributed by atoms with van der Waals surface area (Å²) in [4.78, 5) is 12.5. The first-order chi connectivity index (χ1) is 9.55. The number of hydrogen-bond donors (Lipinski definition) is 3. The molecule has 0 amide bonds. The zero-order chi connectivity index (χ0) is 16.6. The monoisotopic (exact) mass is 307 g/mol. The number of nitrogens with one attached hydrogen (secondary N) is 1. The van der Waals surface area contributed by atoms with Crippen molar-refractivity contribution in [3.05, 3.63) is 35.1 Å². The molecule has 21 heavy (non-hydrogen) atoms. The topological polar surface area (TPSA) is 99.5 Å². The Hall–Kier alpha value is -2.45. The maximum absolute atomic E-state index is 13.2. The number of carbonyl (C=O) groups is 1. The van der Waals surface area contributed by atoms with Crippen LogP contribution in [0.1, 0.15) is 18.1 Å². The summed E-state index contributed by atoms with van der Waals surface area (Å²) in [5.74, 6) is -2.17. The second-order valence-electron chi connectivity index (χ2n) is 3.71. The number of aliphatic imine (C=N–C) groups is 1. The van der Waals surface area contributed by atoms with E-state index in [1.165, 1.54) is 0 Å². The first-order valence-electron chi connectivity index (χ1n) is 5.43. The fraction of sp³-hybridized carbons (Fsp3) is 0.250. The van der Waals surface area contributed by atoms with Crippen LogP contribution in [0.15, 0.2) is 23.2 Å². The minimum atomic E-state index is -4.65. The van der Waals surface area contributed by atoms with Crippen molar-refractivity contribution in [2.75, 3.05) is 6.54 Å². The molecule has 0 aliphatic carbocycles. The third kappa shape index (κ3) is 7.65. The van der Waals surface area contributed by atoms with Gasteiger partial charge in [0.15, 0.2) is 0 Å². The zero-order valence-corrected chi connectivity index (χ0v) is 10.9. The van der Waals surface area contributed by atoms with Gasteiger partial charge in [0.05, 0.1) is 12.1 Å². The lowest BCUT2D eigenvalue weighted by Crippen LogP contribution is -2.14. The van der Waals surface area contributed by atoms with Crippen LogP contribution in [-0.4, -0.2) is 29.7 Å². The summed E-state index contributed by atoms with van der Waals surface area (Å²) < 4.78 is 50.8.